The third kappa shape index (κ3) is 2.63. The summed E-state index contributed by atoms with van der Waals surface area (Å²) in [5.41, 5.74) is 0.911. The normalized spacial score (nSPS) is 10.0. The Morgan fingerprint density at radius 2 is 2.46 bits per heavy atom. The highest BCUT2D eigenvalue weighted by atomic mass is 32.1. The molecule has 0 saturated heterocycles. The summed E-state index contributed by atoms with van der Waals surface area (Å²) in [6.45, 7) is 2.22. The van der Waals surface area contributed by atoms with E-state index in [1.54, 1.807) is 6.92 Å². The maximum atomic E-state index is 11.1. The largest absolute Gasteiger partial charge is 0.466 e. The van der Waals surface area contributed by atoms with E-state index in [1.807, 2.05) is 17.0 Å². The van der Waals surface area contributed by atoms with Gasteiger partial charge in [0.15, 0.2) is 3.95 Å². The lowest BCUT2D eigenvalue weighted by Crippen LogP contribution is -2.10. The van der Waals surface area contributed by atoms with Crippen LogP contribution in [0.1, 0.15) is 12.6 Å². The van der Waals surface area contributed by atoms with Crippen molar-refractivity contribution < 1.29 is 9.53 Å². The number of nitrogens with zero attached hydrogens (tertiary/aromatic N) is 1. The van der Waals surface area contributed by atoms with Gasteiger partial charge in [-0.2, -0.15) is 0 Å². The Labute approximate surface area is 86.0 Å². The van der Waals surface area contributed by atoms with Crippen LogP contribution in [0.15, 0.2) is 5.38 Å². The van der Waals surface area contributed by atoms with Crippen molar-refractivity contribution in [2.75, 3.05) is 6.61 Å². The Hall–Kier alpha value is -0.680. The summed E-state index contributed by atoms with van der Waals surface area (Å²) in [7, 11) is 1.85. The second-order valence-corrected chi connectivity index (χ2v) is 4.04. The highest BCUT2D eigenvalue weighted by Crippen LogP contribution is 2.09. The van der Waals surface area contributed by atoms with Crippen molar-refractivity contribution in [2.24, 2.45) is 7.05 Å². The second kappa shape index (κ2) is 4.53. The van der Waals surface area contributed by atoms with Crippen LogP contribution in [-0.2, 0) is 23.0 Å². The zero-order valence-electron chi connectivity index (χ0n) is 7.57. The number of carbonyl (C=O) groups is 1. The van der Waals surface area contributed by atoms with E-state index in [0.717, 1.165) is 9.65 Å². The average Bonchev–Trinajstić information content (AvgIpc) is 2.37. The van der Waals surface area contributed by atoms with E-state index >= 15 is 0 Å². The molecule has 0 unspecified atom stereocenters. The molecule has 1 aromatic rings. The Morgan fingerprint density at radius 3 is 2.92 bits per heavy atom. The number of esters is 1. The second-order valence-electron chi connectivity index (χ2n) is 2.53. The van der Waals surface area contributed by atoms with Crippen LogP contribution in [0.25, 0.3) is 0 Å². The molecule has 0 saturated carbocycles. The van der Waals surface area contributed by atoms with Crippen molar-refractivity contribution >= 4 is 29.5 Å². The van der Waals surface area contributed by atoms with Gasteiger partial charge >= 0.3 is 5.97 Å². The van der Waals surface area contributed by atoms with Crippen molar-refractivity contribution in [2.45, 2.75) is 13.3 Å². The SMILES string of the molecule is CCOC(=O)Cc1csc(=S)n1C. The fourth-order valence-electron chi connectivity index (χ4n) is 0.914. The molecule has 5 heteroatoms. The van der Waals surface area contributed by atoms with Gasteiger partial charge in [-0.3, -0.25) is 4.79 Å². The highest BCUT2D eigenvalue weighted by molar-refractivity contribution is 7.73. The molecule has 72 valence electrons. The molecule has 13 heavy (non-hydrogen) atoms. The Kier molecular flexibility index (Phi) is 3.62. The van der Waals surface area contributed by atoms with Crippen LogP contribution in [0.4, 0.5) is 0 Å². The molecular formula is C8H11NO2S2. The molecule has 0 aliphatic rings. The van der Waals surface area contributed by atoms with Crippen LogP contribution in [0.5, 0.6) is 0 Å². The van der Waals surface area contributed by atoms with Crippen LogP contribution in [-0.4, -0.2) is 17.1 Å². The summed E-state index contributed by atoms with van der Waals surface area (Å²) >= 11 is 6.48. The van der Waals surface area contributed by atoms with E-state index < -0.39 is 0 Å². The number of hydrogen-bond donors (Lipinski definition) is 0. The molecule has 0 radical (unpaired) electrons. The fraction of sp³-hybridized carbons (Fsp3) is 0.500. The van der Waals surface area contributed by atoms with Gasteiger partial charge in [0, 0.05) is 18.1 Å². The van der Waals surface area contributed by atoms with Gasteiger partial charge in [-0.1, -0.05) is 0 Å². The molecule has 0 atom stereocenters. The zero-order valence-corrected chi connectivity index (χ0v) is 9.20. The van der Waals surface area contributed by atoms with Gasteiger partial charge in [-0.15, -0.1) is 11.3 Å². The average molecular weight is 217 g/mol. The first-order valence-corrected chi connectivity index (χ1v) is 5.23. The number of thiazole rings is 1. The summed E-state index contributed by atoms with van der Waals surface area (Å²) in [6, 6.07) is 0. The van der Waals surface area contributed by atoms with E-state index in [0.29, 0.717) is 13.0 Å². The number of aromatic nitrogens is 1. The van der Waals surface area contributed by atoms with Crippen molar-refractivity contribution in [3.63, 3.8) is 0 Å². The number of hydrogen-bond acceptors (Lipinski definition) is 4. The van der Waals surface area contributed by atoms with Crippen LogP contribution < -0.4 is 0 Å². The lowest BCUT2D eigenvalue weighted by molar-refractivity contribution is -0.142. The van der Waals surface area contributed by atoms with E-state index in [-0.39, 0.29) is 5.97 Å². The molecular weight excluding hydrogens is 206 g/mol. The van der Waals surface area contributed by atoms with Crippen molar-refractivity contribution in [3.05, 3.63) is 15.0 Å². The summed E-state index contributed by atoms with van der Waals surface area (Å²) in [4.78, 5) is 11.1. The van der Waals surface area contributed by atoms with Gasteiger partial charge in [-0.05, 0) is 19.1 Å². The van der Waals surface area contributed by atoms with Crippen molar-refractivity contribution in [1.29, 1.82) is 0 Å². The minimum Gasteiger partial charge on any atom is -0.466 e. The third-order valence-corrected chi connectivity index (χ3v) is 3.06. The lowest BCUT2D eigenvalue weighted by atomic mass is 10.3. The number of ether oxygens (including phenoxy) is 1. The number of rotatable bonds is 3. The molecule has 0 bridgehead atoms. The van der Waals surface area contributed by atoms with Crippen molar-refractivity contribution in [3.8, 4) is 0 Å². The molecule has 0 fully saturated rings. The Bertz CT molecular complexity index is 353. The van der Waals surface area contributed by atoms with Crippen molar-refractivity contribution in [1.82, 2.24) is 4.57 Å². The lowest BCUT2D eigenvalue weighted by Gasteiger charge is -2.01. The summed E-state index contributed by atoms with van der Waals surface area (Å²) in [5.74, 6) is -0.203. The first-order valence-electron chi connectivity index (χ1n) is 3.94. The molecule has 0 aromatic carbocycles. The van der Waals surface area contributed by atoms with Gasteiger partial charge in [0.2, 0.25) is 0 Å². The zero-order chi connectivity index (χ0) is 9.84. The first kappa shape index (κ1) is 10.4. The molecule has 0 aliphatic carbocycles. The first-order chi connectivity index (χ1) is 6.15. The minimum atomic E-state index is -0.203. The Morgan fingerprint density at radius 1 is 1.77 bits per heavy atom. The quantitative estimate of drug-likeness (QED) is 0.572. The molecule has 0 aliphatic heterocycles. The topological polar surface area (TPSA) is 31.2 Å². The minimum absolute atomic E-state index is 0.203. The number of carbonyl (C=O) groups excluding carboxylic acids is 1. The molecule has 0 spiro atoms. The molecule has 3 nitrogen and oxygen atoms in total. The van der Waals surface area contributed by atoms with E-state index in [2.05, 4.69) is 0 Å². The van der Waals surface area contributed by atoms with E-state index in [9.17, 15) is 4.79 Å². The molecule has 1 heterocycles. The van der Waals surface area contributed by atoms with E-state index in [1.165, 1.54) is 11.3 Å². The van der Waals surface area contributed by atoms with Crippen LogP contribution in [0, 0.1) is 3.95 Å². The van der Waals surface area contributed by atoms with Gasteiger partial charge in [0.25, 0.3) is 0 Å². The van der Waals surface area contributed by atoms with Crippen LogP contribution in [0.2, 0.25) is 0 Å². The maximum Gasteiger partial charge on any atom is 0.311 e. The van der Waals surface area contributed by atoms with E-state index in [4.69, 9.17) is 17.0 Å². The summed E-state index contributed by atoms with van der Waals surface area (Å²) < 4.78 is 7.44. The van der Waals surface area contributed by atoms with Crippen LogP contribution in [0.3, 0.4) is 0 Å². The smallest absolute Gasteiger partial charge is 0.311 e. The van der Waals surface area contributed by atoms with Crippen LogP contribution >= 0.6 is 23.6 Å². The highest BCUT2D eigenvalue weighted by Gasteiger charge is 2.07. The maximum absolute atomic E-state index is 11.1. The molecule has 0 N–H and O–H groups in total. The van der Waals surface area contributed by atoms with Gasteiger partial charge in [-0.25, -0.2) is 0 Å². The predicted molar refractivity (Wildman–Crippen MR) is 54.5 cm³/mol. The van der Waals surface area contributed by atoms with Gasteiger partial charge < -0.3 is 9.30 Å². The fourth-order valence-corrected chi connectivity index (χ4v) is 1.93. The Balaban J connectivity index is 2.69. The summed E-state index contributed by atoms with van der Waals surface area (Å²) in [5, 5.41) is 1.89. The van der Waals surface area contributed by atoms with Gasteiger partial charge in [0.1, 0.15) is 0 Å². The molecule has 1 rings (SSSR count). The molecule has 0 amide bonds. The standard InChI is InChI=1S/C8H11NO2S2/c1-3-11-7(10)4-6-5-13-8(12)9(6)2/h5H,3-4H2,1-2H3. The predicted octanol–water partition coefficient (Wildman–Crippen LogP) is 1.92. The third-order valence-electron chi connectivity index (χ3n) is 1.63. The summed E-state index contributed by atoms with van der Waals surface area (Å²) in [6.07, 6.45) is 0.303. The van der Waals surface area contributed by atoms with Gasteiger partial charge in [0.05, 0.1) is 13.0 Å². The monoisotopic (exact) mass is 217 g/mol. The molecule has 1 aromatic heterocycles.